The minimum atomic E-state index is -4.97. The van der Waals surface area contributed by atoms with Gasteiger partial charge in [-0.1, -0.05) is 0 Å². The number of aldehydes is 1. The summed E-state index contributed by atoms with van der Waals surface area (Å²) in [6, 6.07) is 2.91. The Morgan fingerprint density at radius 1 is 1.33 bits per heavy atom. The van der Waals surface area contributed by atoms with Crippen LogP contribution in [-0.2, 0) is 4.79 Å². The van der Waals surface area contributed by atoms with Gasteiger partial charge in [0.15, 0.2) is 12.1 Å². The van der Waals surface area contributed by atoms with E-state index in [9.17, 15) is 22.8 Å². The summed E-state index contributed by atoms with van der Waals surface area (Å²) in [5.74, 6) is -2.33. The normalized spacial score (nSPS) is 11.5. The standard InChI is InChI=1S/C10H6F3N3O2/c11-10(12,13)9(18)15-7-4-16-3-6(5-17)1-2-8(16)14-7/h1-5H,(H,15,18). The van der Waals surface area contributed by atoms with E-state index >= 15 is 0 Å². The molecule has 18 heavy (non-hydrogen) atoms. The molecule has 1 N–H and O–H groups in total. The van der Waals surface area contributed by atoms with Crippen LogP contribution in [0.3, 0.4) is 0 Å². The predicted octanol–water partition coefficient (Wildman–Crippen LogP) is 1.65. The monoisotopic (exact) mass is 257 g/mol. The number of carbonyl (C=O) groups excluding carboxylic acids is 2. The van der Waals surface area contributed by atoms with Crippen molar-refractivity contribution in [3.63, 3.8) is 0 Å². The topological polar surface area (TPSA) is 63.5 Å². The van der Waals surface area contributed by atoms with E-state index in [4.69, 9.17) is 0 Å². The van der Waals surface area contributed by atoms with Gasteiger partial charge in [0.1, 0.15) is 5.65 Å². The molecule has 0 aliphatic carbocycles. The Morgan fingerprint density at radius 3 is 2.67 bits per heavy atom. The molecule has 2 heterocycles. The average molecular weight is 257 g/mol. The maximum atomic E-state index is 12.0. The average Bonchev–Trinajstić information content (AvgIpc) is 2.68. The van der Waals surface area contributed by atoms with E-state index in [0.29, 0.717) is 17.5 Å². The number of nitrogens with one attached hydrogen (secondary N) is 1. The molecule has 0 aliphatic rings. The van der Waals surface area contributed by atoms with Crippen LogP contribution in [0.2, 0.25) is 0 Å². The zero-order chi connectivity index (χ0) is 13.3. The highest BCUT2D eigenvalue weighted by atomic mass is 19.4. The summed E-state index contributed by atoms with van der Waals surface area (Å²) in [5, 5.41) is 1.62. The lowest BCUT2D eigenvalue weighted by Gasteiger charge is -2.04. The first-order valence-corrected chi connectivity index (χ1v) is 4.72. The van der Waals surface area contributed by atoms with E-state index in [1.807, 2.05) is 0 Å². The Hall–Kier alpha value is -2.38. The van der Waals surface area contributed by atoms with Crippen LogP contribution < -0.4 is 5.32 Å². The van der Waals surface area contributed by atoms with Crippen molar-refractivity contribution in [2.24, 2.45) is 0 Å². The number of anilines is 1. The molecule has 0 aliphatic heterocycles. The van der Waals surface area contributed by atoms with E-state index in [2.05, 4.69) is 4.98 Å². The van der Waals surface area contributed by atoms with Crippen molar-refractivity contribution in [3.8, 4) is 0 Å². The number of hydrogen-bond acceptors (Lipinski definition) is 3. The second-order valence-electron chi connectivity index (χ2n) is 3.42. The van der Waals surface area contributed by atoms with Crippen molar-refractivity contribution in [2.75, 3.05) is 5.32 Å². The molecule has 8 heteroatoms. The van der Waals surface area contributed by atoms with E-state index in [0.717, 1.165) is 0 Å². The SMILES string of the molecule is O=Cc1ccc2nc(NC(=O)C(F)(F)F)cn2c1. The molecule has 1 amide bonds. The number of fused-ring (bicyclic) bond motifs is 1. The maximum Gasteiger partial charge on any atom is 0.471 e. The lowest BCUT2D eigenvalue weighted by Crippen LogP contribution is -2.30. The predicted molar refractivity (Wildman–Crippen MR) is 55.3 cm³/mol. The van der Waals surface area contributed by atoms with Crippen molar-refractivity contribution >= 4 is 23.7 Å². The molecule has 0 atom stereocenters. The summed E-state index contributed by atoms with van der Waals surface area (Å²) in [7, 11) is 0. The molecule has 2 aromatic heterocycles. The van der Waals surface area contributed by atoms with Crippen molar-refractivity contribution in [2.45, 2.75) is 6.18 Å². The fourth-order valence-corrected chi connectivity index (χ4v) is 1.33. The van der Waals surface area contributed by atoms with Crippen LogP contribution in [0, 0.1) is 0 Å². The van der Waals surface area contributed by atoms with E-state index < -0.39 is 12.1 Å². The van der Waals surface area contributed by atoms with Crippen LogP contribution in [0.5, 0.6) is 0 Å². The largest absolute Gasteiger partial charge is 0.471 e. The second kappa shape index (κ2) is 4.13. The molecule has 0 aromatic carbocycles. The lowest BCUT2D eigenvalue weighted by atomic mass is 10.3. The first-order chi connectivity index (χ1) is 8.40. The molecule has 0 fully saturated rings. The van der Waals surface area contributed by atoms with Gasteiger partial charge in [0, 0.05) is 11.8 Å². The quantitative estimate of drug-likeness (QED) is 0.832. The highest BCUT2D eigenvalue weighted by Gasteiger charge is 2.39. The fourth-order valence-electron chi connectivity index (χ4n) is 1.33. The number of rotatable bonds is 2. The highest BCUT2D eigenvalue weighted by Crippen LogP contribution is 2.18. The number of carbonyl (C=O) groups is 2. The lowest BCUT2D eigenvalue weighted by molar-refractivity contribution is -0.167. The van der Waals surface area contributed by atoms with Gasteiger partial charge in [-0.15, -0.1) is 0 Å². The van der Waals surface area contributed by atoms with Gasteiger partial charge in [0.25, 0.3) is 0 Å². The Morgan fingerprint density at radius 2 is 2.06 bits per heavy atom. The Kier molecular flexibility index (Phi) is 2.77. The summed E-state index contributed by atoms with van der Waals surface area (Å²) in [5.41, 5.74) is 0.659. The zero-order valence-electron chi connectivity index (χ0n) is 8.73. The molecule has 5 nitrogen and oxygen atoms in total. The number of nitrogens with zero attached hydrogens (tertiary/aromatic N) is 2. The molecule has 2 aromatic rings. The molecule has 0 saturated carbocycles. The van der Waals surface area contributed by atoms with Crippen LogP contribution in [0.25, 0.3) is 5.65 Å². The van der Waals surface area contributed by atoms with E-state index in [1.165, 1.54) is 28.9 Å². The number of imidazole rings is 1. The van der Waals surface area contributed by atoms with Gasteiger partial charge in [-0.05, 0) is 12.1 Å². The number of hydrogen-bond donors (Lipinski definition) is 1. The third-order valence-electron chi connectivity index (χ3n) is 2.11. The van der Waals surface area contributed by atoms with Gasteiger partial charge in [0.2, 0.25) is 0 Å². The van der Waals surface area contributed by atoms with Gasteiger partial charge in [0.05, 0.1) is 6.20 Å². The first kappa shape index (κ1) is 12.1. The van der Waals surface area contributed by atoms with Crippen molar-refractivity contribution in [3.05, 3.63) is 30.1 Å². The molecule has 0 unspecified atom stereocenters. The second-order valence-corrected chi connectivity index (χ2v) is 3.42. The fraction of sp³-hybridized carbons (Fsp3) is 0.100. The third kappa shape index (κ3) is 2.31. The Labute approximate surface area is 98.2 Å². The Balaban J connectivity index is 2.30. The number of alkyl halides is 3. The van der Waals surface area contributed by atoms with Crippen LogP contribution in [-0.4, -0.2) is 27.8 Å². The molecule has 94 valence electrons. The number of pyridine rings is 1. The van der Waals surface area contributed by atoms with Crippen LogP contribution >= 0.6 is 0 Å². The van der Waals surface area contributed by atoms with Crippen molar-refractivity contribution < 1.29 is 22.8 Å². The first-order valence-electron chi connectivity index (χ1n) is 4.72. The summed E-state index contributed by atoms with van der Waals surface area (Å²) in [4.78, 5) is 25.0. The molecule has 0 spiro atoms. The summed E-state index contributed by atoms with van der Waals surface area (Å²) < 4.78 is 37.4. The number of amides is 1. The Bertz CT molecular complexity index is 618. The van der Waals surface area contributed by atoms with E-state index in [-0.39, 0.29) is 5.82 Å². The molecule has 0 saturated heterocycles. The molecular weight excluding hydrogens is 251 g/mol. The molecule has 0 bridgehead atoms. The summed E-state index contributed by atoms with van der Waals surface area (Å²) in [6.07, 6.45) is -1.80. The van der Waals surface area contributed by atoms with Gasteiger partial charge >= 0.3 is 12.1 Å². The molecule has 2 rings (SSSR count). The van der Waals surface area contributed by atoms with Gasteiger partial charge < -0.3 is 9.72 Å². The van der Waals surface area contributed by atoms with E-state index in [1.54, 1.807) is 5.32 Å². The molecule has 0 radical (unpaired) electrons. The summed E-state index contributed by atoms with van der Waals surface area (Å²) >= 11 is 0. The van der Waals surface area contributed by atoms with Crippen LogP contribution in [0.4, 0.5) is 19.0 Å². The maximum absolute atomic E-state index is 12.0. The van der Waals surface area contributed by atoms with Gasteiger partial charge in [-0.2, -0.15) is 13.2 Å². The highest BCUT2D eigenvalue weighted by molar-refractivity contribution is 5.94. The van der Waals surface area contributed by atoms with Crippen LogP contribution in [0.1, 0.15) is 10.4 Å². The smallest absolute Gasteiger partial charge is 0.304 e. The van der Waals surface area contributed by atoms with Crippen LogP contribution in [0.15, 0.2) is 24.5 Å². The minimum absolute atomic E-state index is 0.236. The minimum Gasteiger partial charge on any atom is -0.304 e. The number of halogens is 3. The van der Waals surface area contributed by atoms with Gasteiger partial charge in [-0.3, -0.25) is 9.59 Å². The van der Waals surface area contributed by atoms with Crippen molar-refractivity contribution in [1.29, 1.82) is 0 Å². The van der Waals surface area contributed by atoms with Gasteiger partial charge in [-0.25, -0.2) is 4.98 Å². The van der Waals surface area contributed by atoms with Crippen molar-refractivity contribution in [1.82, 2.24) is 9.38 Å². The zero-order valence-corrected chi connectivity index (χ0v) is 8.73. The number of aromatic nitrogens is 2. The molecular formula is C10H6F3N3O2. The third-order valence-corrected chi connectivity index (χ3v) is 2.11. The summed E-state index contributed by atoms with van der Waals surface area (Å²) in [6.45, 7) is 0.